The molecule has 1 aromatic heterocycles. The largest absolute Gasteiger partial charge is 0.343 e. The number of carbonyl (C=O) groups excluding carboxylic acids is 3. The molecule has 1 fully saturated rings. The lowest BCUT2D eigenvalue weighted by atomic mass is 9.95. The van der Waals surface area contributed by atoms with Crippen LogP contribution in [0.4, 0.5) is 4.79 Å². The molecule has 2 atom stereocenters. The summed E-state index contributed by atoms with van der Waals surface area (Å²) in [6.45, 7) is 4.00. The van der Waals surface area contributed by atoms with Crippen molar-refractivity contribution in [1.82, 2.24) is 15.5 Å². The Morgan fingerprint density at radius 1 is 1.22 bits per heavy atom. The average Bonchev–Trinajstić information content (AvgIpc) is 3.31. The summed E-state index contributed by atoms with van der Waals surface area (Å²) in [6.07, 6.45) is 1.07. The number of amides is 4. The number of urea groups is 1. The summed E-state index contributed by atoms with van der Waals surface area (Å²) < 4.78 is 0. The predicted molar refractivity (Wildman–Crippen MR) is 105 cm³/mol. The molecular formula is C20H23N3O3S. The molecule has 4 amide bonds. The van der Waals surface area contributed by atoms with E-state index in [9.17, 15) is 14.4 Å². The number of rotatable bonds is 7. The molecule has 142 valence electrons. The van der Waals surface area contributed by atoms with Gasteiger partial charge in [0.05, 0.1) is 12.6 Å². The molecule has 2 heterocycles. The van der Waals surface area contributed by atoms with Crippen LogP contribution in [-0.2, 0) is 9.59 Å². The summed E-state index contributed by atoms with van der Waals surface area (Å²) in [5.41, 5.74) is 2.23. The summed E-state index contributed by atoms with van der Waals surface area (Å²) in [5.74, 6) is -0.279. The number of carbonyl (C=O) groups is 3. The molecule has 7 heteroatoms. The van der Waals surface area contributed by atoms with Gasteiger partial charge in [0, 0.05) is 4.88 Å². The minimum absolute atomic E-state index is 0.0580. The second kappa shape index (κ2) is 8.35. The Morgan fingerprint density at radius 2 is 1.93 bits per heavy atom. The van der Waals surface area contributed by atoms with Crippen LogP contribution < -0.4 is 10.6 Å². The van der Waals surface area contributed by atoms with Crippen LogP contribution >= 0.6 is 11.3 Å². The van der Waals surface area contributed by atoms with Crippen LogP contribution in [0.2, 0.25) is 0 Å². The van der Waals surface area contributed by atoms with Gasteiger partial charge in [0.2, 0.25) is 5.91 Å². The minimum atomic E-state index is -0.527. The first-order chi connectivity index (χ1) is 13.0. The van der Waals surface area contributed by atoms with E-state index in [1.165, 1.54) is 5.56 Å². The van der Waals surface area contributed by atoms with Gasteiger partial charge < -0.3 is 10.6 Å². The number of nitrogens with one attached hydrogen (secondary N) is 2. The van der Waals surface area contributed by atoms with Crippen molar-refractivity contribution < 1.29 is 14.4 Å². The van der Waals surface area contributed by atoms with E-state index in [0.717, 1.165) is 21.8 Å². The van der Waals surface area contributed by atoms with Crippen molar-refractivity contribution in [3.05, 3.63) is 57.8 Å². The average molecular weight is 385 g/mol. The molecule has 1 aromatic carbocycles. The van der Waals surface area contributed by atoms with Crippen LogP contribution in [0.3, 0.4) is 0 Å². The molecule has 0 radical (unpaired) electrons. The quantitative estimate of drug-likeness (QED) is 0.719. The SMILES string of the molecule is CCC(C)c1ccc(C(NC(=O)CN2C(=O)CNC2=O)c2cccs2)cc1. The van der Waals surface area contributed by atoms with Crippen LogP contribution in [0.25, 0.3) is 0 Å². The van der Waals surface area contributed by atoms with Crippen molar-refractivity contribution in [2.45, 2.75) is 32.2 Å². The fraction of sp³-hybridized carbons (Fsp3) is 0.350. The van der Waals surface area contributed by atoms with E-state index in [1.54, 1.807) is 11.3 Å². The van der Waals surface area contributed by atoms with Crippen molar-refractivity contribution in [3.8, 4) is 0 Å². The van der Waals surface area contributed by atoms with E-state index in [-0.39, 0.29) is 30.9 Å². The summed E-state index contributed by atoms with van der Waals surface area (Å²) in [4.78, 5) is 37.8. The fourth-order valence-corrected chi connectivity index (χ4v) is 3.80. The third kappa shape index (κ3) is 4.36. The molecule has 1 aliphatic rings. The van der Waals surface area contributed by atoms with Crippen LogP contribution in [0.15, 0.2) is 41.8 Å². The Morgan fingerprint density at radius 3 is 2.48 bits per heavy atom. The van der Waals surface area contributed by atoms with Gasteiger partial charge in [0.15, 0.2) is 0 Å². The summed E-state index contributed by atoms with van der Waals surface area (Å²) in [5, 5.41) is 7.34. The predicted octanol–water partition coefficient (Wildman–Crippen LogP) is 3.02. The minimum Gasteiger partial charge on any atom is -0.343 e. The van der Waals surface area contributed by atoms with Crippen LogP contribution in [-0.4, -0.2) is 35.8 Å². The molecule has 0 aliphatic carbocycles. The highest BCUT2D eigenvalue weighted by Crippen LogP contribution is 2.28. The van der Waals surface area contributed by atoms with E-state index in [4.69, 9.17) is 0 Å². The van der Waals surface area contributed by atoms with Gasteiger partial charge in [-0.3, -0.25) is 14.5 Å². The molecule has 0 bridgehead atoms. The van der Waals surface area contributed by atoms with Gasteiger partial charge in [-0.25, -0.2) is 4.79 Å². The maximum Gasteiger partial charge on any atom is 0.325 e. The van der Waals surface area contributed by atoms with Crippen LogP contribution in [0, 0.1) is 0 Å². The highest BCUT2D eigenvalue weighted by atomic mass is 32.1. The molecule has 0 spiro atoms. The molecule has 1 saturated heterocycles. The zero-order chi connectivity index (χ0) is 19.4. The highest BCUT2D eigenvalue weighted by molar-refractivity contribution is 7.10. The van der Waals surface area contributed by atoms with Gasteiger partial charge in [0.1, 0.15) is 6.54 Å². The number of nitrogens with zero attached hydrogens (tertiary/aromatic N) is 1. The second-order valence-electron chi connectivity index (χ2n) is 6.63. The lowest BCUT2D eigenvalue weighted by Crippen LogP contribution is -2.42. The maximum atomic E-state index is 12.5. The molecule has 3 rings (SSSR count). The Hall–Kier alpha value is -2.67. The van der Waals surface area contributed by atoms with Gasteiger partial charge in [0.25, 0.3) is 5.91 Å². The van der Waals surface area contributed by atoms with Crippen molar-refractivity contribution in [1.29, 1.82) is 0 Å². The third-order valence-corrected chi connectivity index (χ3v) is 5.76. The molecule has 2 N–H and O–H groups in total. The zero-order valence-corrected chi connectivity index (χ0v) is 16.2. The number of thiophene rings is 1. The van der Waals surface area contributed by atoms with E-state index in [2.05, 4.69) is 36.6 Å². The standard InChI is InChI=1S/C20H23N3O3S/c1-3-13(2)14-6-8-15(9-7-14)19(16-5-4-10-27-16)22-17(24)12-23-18(25)11-21-20(23)26/h4-10,13,19H,3,11-12H2,1-2H3,(H,21,26)(H,22,24). The van der Waals surface area contributed by atoms with Crippen LogP contribution in [0.5, 0.6) is 0 Å². The molecular weight excluding hydrogens is 362 g/mol. The first-order valence-electron chi connectivity index (χ1n) is 9.00. The lowest BCUT2D eigenvalue weighted by molar-refractivity contribution is -0.130. The smallest absolute Gasteiger partial charge is 0.325 e. The van der Waals surface area contributed by atoms with Gasteiger partial charge in [-0.2, -0.15) is 0 Å². The Labute approximate surface area is 162 Å². The number of imide groups is 1. The number of hydrogen-bond donors (Lipinski definition) is 2. The first-order valence-corrected chi connectivity index (χ1v) is 9.88. The topological polar surface area (TPSA) is 78.5 Å². The highest BCUT2D eigenvalue weighted by Gasteiger charge is 2.31. The molecule has 6 nitrogen and oxygen atoms in total. The van der Waals surface area contributed by atoms with Crippen molar-refractivity contribution in [3.63, 3.8) is 0 Å². The van der Waals surface area contributed by atoms with E-state index < -0.39 is 6.03 Å². The Bertz CT molecular complexity index is 802. The second-order valence-corrected chi connectivity index (χ2v) is 7.61. The van der Waals surface area contributed by atoms with Crippen LogP contribution in [0.1, 0.15) is 48.2 Å². The first kappa shape index (κ1) is 19.1. The summed E-state index contributed by atoms with van der Waals surface area (Å²) >= 11 is 1.55. The Balaban J connectivity index is 1.77. The summed E-state index contributed by atoms with van der Waals surface area (Å²) in [7, 11) is 0. The van der Waals surface area contributed by atoms with Gasteiger partial charge >= 0.3 is 6.03 Å². The molecule has 2 unspecified atom stereocenters. The number of hydrogen-bond acceptors (Lipinski definition) is 4. The van der Waals surface area contributed by atoms with E-state index in [1.807, 2.05) is 29.6 Å². The van der Waals surface area contributed by atoms with Crippen molar-refractivity contribution in [2.75, 3.05) is 13.1 Å². The Kier molecular flexibility index (Phi) is 5.91. The molecule has 27 heavy (non-hydrogen) atoms. The van der Waals surface area contributed by atoms with E-state index in [0.29, 0.717) is 5.92 Å². The zero-order valence-electron chi connectivity index (χ0n) is 15.4. The van der Waals surface area contributed by atoms with Crippen molar-refractivity contribution >= 4 is 29.2 Å². The molecule has 2 aromatic rings. The van der Waals surface area contributed by atoms with Crippen molar-refractivity contribution in [2.24, 2.45) is 0 Å². The molecule has 1 aliphatic heterocycles. The summed E-state index contributed by atoms with van der Waals surface area (Å²) in [6, 6.07) is 11.3. The molecule has 0 saturated carbocycles. The third-order valence-electron chi connectivity index (χ3n) is 4.82. The monoisotopic (exact) mass is 385 g/mol. The number of benzene rings is 1. The van der Waals surface area contributed by atoms with Gasteiger partial charge in [-0.1, -0.05) is 44.2 Å². The maximum absolute atomic E-state index is 12.5. The van der Waals surface area contributed by atoms with Gasteiger partial charge in [-0.15, -0.1) is 11.3 Å². The fourth-order valence-electron chi connectivity index (χ4n) is 2.99. The lowest BCUT2D eigenvalue weighted by Gasteiger charge is -2.20. The van der Waals surface area contributed by atoms with Gasteiger partial charge in [-0.05, 0) is 34.9 Å². The van der Waals surface area contributed by atoms with E-state index >= 15 is 0 Å². The normalized spacial score (nSPS) is 16.1.